The largest absolute Gasteiger partial charge is 0.495 e. The second kappa shape index (κ2) is 8.58. The van der Waals surface area contributed by atoms with Crippen LogP contribution in [0.25, 0.3) is 11.3 Å². The highest BCUT2D eigenvalue weighted by molar-refractivity contribution is 7.92. The van der Waals surface area contributed by atoms with Crippen LogP contribution in [0.4, 0.5) is 5.69 Å². The van der Waals surface area contributed by atoms with E-state index in [1.54, 1.807) is 19.1 Å². The molecule has 0 amide bonds. The highest BCUT2D eigenvalue weighted by Crippen LogP contribution is 2.33. The normalized spacial score (nSPS) is 11.2. The second-order valence-electron chi connectivity index (χ2n) is 6.49. The molecular weight excluding hydrogens is 408 g/mol. The zero-order valence-corrected chi connectivity index (χ0v) is 17.9. The van der Waals surface area contributed by atoms with Crippen molar-refractivity contribution in [2.24, 2.45) is 0 Å². The molecule has 0 aliphatic heterocycles. The van der Waals surface area contributed by atoms with E-state index in [0.29, 0.717) is 22.6 Å². The maximum absolute atomic E-state index is 13.0. The van der Waals surface area contributed by atoms with Crippen LogP contribution in [-0.4, -0.2) is 33.3 Å². The molecule has 0 bridgehead atoms. The van der Waals surface area contributed by atoms with Gasteiger partial charge < -0.3 is 14.0 Å². The number of methoxy groups -OCH3 is 1. The number of aryl methyl sites for hydroxylation is 1. The Labute approximate surface area is 174 Å². The molecule has 0 aliphatic carbocycles. The summed E-state index contributed by atoms with van der Waals surface area (Å²) in [4.78, 5) is 11.7. The Bertz CT molecular complexity index is 1170. The van der Waals surface area contributed by atoms with Gasteiger partial charge in [0.05, 0.1) is 25.0 Å². The zero-order chi connectivity index (χ0) is 21.9. The lowest BCUT2D eigenvalue weighted by atomic mass is 10.1. The van der Waals surface area contributed by atoms with Crippen LogP contribution in [0.5, 0.6) is 5.75 Å². The Kier molecular flexibility index (Phi) is 6.12. The lowest BCUT2D eigenvalue weighted by Crippen LogP contribution is -2.14. The van der Waals surface area contributed by atoms with E-state index in [9.17, 15) is 13.2 Å². The molecule has 1 heterocycles. The molecule has 2 aromatic carbocycles. The van der Waals surface area contributed by atoms with Crippen molar-refractivity contribution in [1.29, 1.82) is 0 Å². The molecule has 0 saturated carbocycles. The summed E-state index contributed by atoms with van der Waals surface area (Å²) in [7, 11) is -2.59. The molecular formula is C21H22N2O6S. The number of aromatic nitrogens is 1. The van der Waals surface area contributed by atoms with Crippen molar-refractivity contribution in [3.8, 4) is 17.1 Å². The number of esters is 1. The molecule has 0 aliphatic rings. The maximum atomic E-state index is 13.0. The minimum Gasteiger partial charge on any atom is -0.495 e. The summed E-state index contributed by atoms with van der Waals surface area (Å²) in [6.45, 7) is 5.63. The molecule has 0 radical (unpaired) electrons. The number of benzene rings is 2. The molecule has 0 unspecified atom stereocenters. The van der Waals surface area contributed by atoms with Gasteiger partial charge in [0, 0.05) is 16.8 Å². The molecule has 3 rings (SSSR count). The molecule has 0 saturated heterocycles. The van der Waals surface area contributed by atoms with Gasteiger partial charge in [-0.25, -0.2) is 13.2 Å². The first-order chi connectivity index (χ1) is 14.3. The second-order valence-corrected chi connectivity index (χ2v) is 8.14. The molecule has 0 spiro atoms. The van der Waals surface area contributed by atoms with Crippen LogP contribution in [0.1, 0.15) is 28.5 Å². The van der Waals surface area contributed by atoms with E-state index in [-0.39, 0.29) is 17.3 Å². The van der Waals surface area contributed by atoms with Gasteiger partial charge in [-0.1, -0.05) is 5.16 Å². The summed E-state index contributed by atoms with van der Waals surface area (Å²) < 4.78 is 44.1. The number of rotatable bonds is 7. The third kappa shape index (κ3) is 4.30. The molecule has 9 heteroatoms. The lowest BCUT2D eigenvalue weighted by Gasteiger charge is -2.13. The minimum absolute atomic E-state index is 0.0505. The fourth-order valence-electron chi connectivity index (χ4n) is 2.81. The molecule has 8 nitrogen and oxygen atoms in total. The lowest BCUT2D eigenvalue weighted by molar-refractivity contribution is 0.0526. The number of nitrogens with one attached hydrogen (secondary N) is 1. The number of hydrogen-bond acceptors (Lipinski definition) is 7. The molecule has 0 atom stereocenters. The average molecular weight is 430 g/mol. The third-order valence-electron chi connectivity index (χ3n) is 4.52. The number of ether oxygens (including phenoxy) is 2. The molecule has 1 N–H and O–H groups in total. The Morgan fingerprint density at radius 1 is 1.13 bits per heavy atom. The summed E-state index contributed by atoms with van der Waals surface area (Å²) in [6.07, 6.45) is 0. The van der Waals surface area contributed by atoms with E-state index >= 15 is 0 Å². The summed E-state index contributed by atoms with van der Waals surface area (Å²) in [5, 5.41) is 3.92. The number of anilines is 1. The molecule has 1 aromatic heterocycles. The van der Waals surface area contributed by atoms with Crippen LogP contribution in [-0.2, 0) is 14.8 Å². The molecule has 158 valence electrons. The first-order valence-electron chi connectivity index (χ1n) is 9.18. The van der Waals surface area contributed by atoms with Gasteiger partial charge in [-0.15, -0.1) is 0 Å². The topological polar surface area (TPSA) is 108 Å². The number of carbonyl (C=O) groups is 1. The van der Waals surface area contributed by atoms with E-state index in [0.717, 1.165) is 11.3 Å². The third-order valence-corrected chi connectivity index (χ3v) is 5.92. The van der Waals surface area contributed by atoms with Crippen LogP contribution in [0.2, 0.25) is 0 Å². The van der Waals surface area contributed by atoms with Crippen molar-refractivity contribution in [2.45, 2.75) is 25.7 Å². The van der Waals surface area contributed by atoms with Crippen LogP contribution in [0.3, 0.4) is 0 Å². The van der Waals surface area contributed by atoms with Crippen molar-refractivity contribution in [1.82, 2.24) is 5.16 Å². The van der Waals surface area contributed by atoms with E-state index in [1.165, 1.54) is 37.4 Å². The van der Waals surface area contributed by atoms with Gasteiger partial charge in [0.25, 0.3) is 10.0 Å². The van der Waals surface area contributed by atoms with Crippen molar-refractivity contribution in [3.63, 3.8) is 0 Å². The number of carbonyl (C=O) groups excluding carboxylic acids is 1. The summed E-state index contributed by atoms with van der Waals surface area (Å²) in [5.41, 5.74) is 2.74. The summed E-state index contributed by atoms with van der Waals surface area (Å²) in [6, 6.07) is 10.7. The van der Waals surface area contributed by atoms with Crippen LogP contribution in [0.15, 0.2) is 51.9 Å². The van der Waals surface area contributed by atoms with Crippen molar-refractivity contribution in [2.75, 3.05) is 18.4 Å². The van der Waals surface area contributed by atoms with Crippen LogP contribution >= 0.6 is 0 Å². The maximum Gasteiger partial charge on any atom is 0.338 e. The Balaban J connectivity index is 1.94. The van der Waals surface area contributed by atoms with E-state index in [1.807, 2.05) is 13.8 Å². The minimum atomic E-state index is -3.99. The number of nitrogens with zero attached hydrogens (tertiary/aromatic N) is 1. The van der Waals surface area contributed by atoms with Crippen molar-refractivity contribution in [3.05, 3.63) is 59.3 Å². The summed E-state index contributed by atoms with van der Waals surface area (Å²) >= 11 is 0. The first kappa shape index (κ1) is 21.4. The smallest absolute Gasteiger partial charge is 0.338 e. The predicted molar refractivity (Wildman–Crippen MR) is 111 cm³/mol. The molecule has 30 heavy (non-hydrogen) atoms. The monoisotopic (exact) mass is 430 g/mol. The Hall–Kier alpha value is -3.33. The van der Waals surface area contributed by atoms with Crippen LogP contribution < -0.4 is 9.46 Å². The van der Waals surface area contributed by atoms with E-state index in [2.05, 4.69) is 9.88 Å². The molecule has 3 aromatic rings. The highest BCUT2D eigenvalue weighted by Gasteiger charge is 2.23. The summed E-state index contributed by atoms with van der Waals surface area (Å²) in [5.74, 6) is 0.202. The predicted octanol–water partition coefficient (Wildman–Crippen LogP) is 3.94. The van der Waals surface area contributed by atoms with Gasteiger partial charge in [0.2, 0.25) is 0 Å². The van der Waals surface area contributed by atoms with E-state index < -0.39 is 16.0 Å². The van der Waals surface area contributed by atoms with Gasteiger partial charge in [-0.3, -0.25) is 4.72 Å². The van der Waals surface area contributed by atoms with Crippen molar-refractivity contribution >= 4 is 21.7 Å². The fraction of sp³-hybridized carbons (Fsp3) is 0.238. The zero-order valence-electron chi connectivity index (χ0n) is 17.1. The number of sulfonamides is 1. The van der Waals surface area contributed by atoms with Gasteiger partial charge >= 0.3 is 5.97 Å². The van der Waals surface area contributed by atoms with Gasteiger partial charge in [-0.05, 0) is 63.2 Å². The van der Waals surface area contributed by atoms with Gasteiger partial charge in [0.1, 0.15) is 10.6 Å². The SMILES string of the molecule is CCOC(=O)c1ccc(NS(=O)(=O)c2cc(-c3onc(C)c3C)ccc2OC)cc1. The Morgan fingerprint density at radius 2 is 1.83 bits per heavy atom. The highest BCUT2D eigenvalue weighted by atomic mass is 32.2. The quantitative estimate of drug-likeness (QED) is 0.566. The van der Waals surface area contributed by atoms with Gasteiger partial charge in [-0.2, -0.15) is 0 Å². The Morgan fingerprint density at radius 3 is 2.40 bits per heavy atom. The van der Waals surface area contributed by atoms with E-state index in [4.69, 9.17) is 14.0 Å². The van der Waals surface area contributed by atoms with Gasteiger partial charge in [0.15, 0.2) is 5.76 Å². The number of hydrogen-bond donors (Lipinski definition) is 1. The standard InChI is InChI=1S/C21H22N2O6S/c1-5-28-21(24)15-6-9-17(10-7-15)23-30(25,26)19-12-16(8-11-18(19)27-4)20-13(2)14(3)22-29-20/h6-12,23H,5H2,1-4H3. The van der Waals surface area contributed by atoms with Crippen LogP contribution in [0, 0.1) is 13.8 Å². The first-order valence-corrected chi connectivity index (χ1v) is 10.7. The fourth-order valence-corrected chi connectivity index (χ4v) is 4.07. The molecule has 0 fully saturated rings. The van der Waals surface area contributed by atoms with Crippen molar-refractivity contribution < 1.29 is 27.2 Å². The average Bonchev–Trinajstić information content (AvgIpc) is 3.06.